The van der Waals surface area contributed by atoms with Gasteiger partial charge in [-0.1, -0.05) is 23.7 Å². The Hall–Kier alpha value is -3.97. The first kappa shape index (κ1) is 29.0. The Bertz CT molecular complexity index is 1560. The van der Waals surface area contributed by atoms with E-state index in [4.69, 9.17) is 21.1 Å². The Morgan fingerprint density at radius 1 is 0.950 bits per heavy atom. The maximum absolute atomic E-state index is 13.2. The van der Waals surface area contributed by atoms with Gasteiger partial charge in [-0.3, -0.25) is 4.79 Å². The second-order valence-corrected chi connectivity index (χ2v) is 10.7. The molecule has 0 aliphatic rings. The van der Waals surface area contributed by atoms with E-state index in [0.717, 1.165) is 39.0 Å². The van der Waals surface area contributed by atoms with Crippen molar-refractivity contribution in [2.75, 3.05) is 0 Å². The average molecular weight is 563 g/mol. The van der Waals surface area contributed by atoms with Crippen molar-refractivity contribution in [3.05, 3.63) is 93.6 Å². The van der Waals surface area contributed by atoms with E-state index in [1.165, 1.54) is 6.92 Å². The van der Waals surface area contributed by atoms with Crippen molar-refractivity contribution in [1.82, 2.24) is 9.88 Å². The van der Waals surface area contributed by atoms with Gasteiger partial charge in [0.15, 0.2) is 6.10 Å². The minimum absolute atomic E-state index is 0.0693. The first-order valence-corrected chi connectivity index (χ1v) is 13.7. The van der Waals surface area contributed by atoms with E-state index < -0.39 is 12.1 Å². The number of nitrogens with zero attached hydrogens (tertiary/aromatic N) is 1. The lowest BCUT2D eigenvalue weighted by Crippen LogP contribution is -2.26. The predicted molar refractivity (Wildman–Crippen MR) is 158 cm³/mol. The summed E-state index contributed by atoms with van der Waals surface area (Å²) in [5, 5.41) is 13.8. The van der Waals surface area contributed by atoms with Gasteiger partial charge in [0.25, 0.3) is 5.91 Å². The summed E-state index contributed by atoms with van der Waals surface area (Å²) in [5.41, 5.74) is 5.43. The van der Waals surface area contributed by atoms with Crippen LogP contribution in [0.15, 0.2) is 60.7 Å². The molecule has 1 unspecified atom stereocenters. The number of carboxylic acid groups (broad SMARTS) is 1. The maximum Gasteiger partial charge on any atom is 0.344 e. The van der Waals surface area contributed by atoms with Crippen LogP contribution in [0.4, 0.5) is 0 Å². The molecule has 0 spiro atoms. The normalized spacial score (nSPS) is 12.8. The van der Waals surface area contributed by atoms with Gasteiger partial charge in [0.1, 0.15) is 11.5 Å². The van der Waals surface area contributed by atoms with E-state index in [9.17, 15) is 14.7 Å². The van der Waals surface area contributed by atoms with Crippen molar-refractivity contribution in [2.45, 2.75) is 66.3 Å². The van der Waals surface area contributed by atoms with Gasteiger partial charge in [-0.2, -0.15) is 0 Å². The number of carboxylic acids is 1. The number of aliphatic carboxylic acids is 1. The van der Waals surface area contributed by atoms with Crippen LogP contribution in [0.2, 0.25) is 5.02 Å². The number of halogens is 1. The van der Waals surface area contributed by atoms with E-state index in [1.54, 1.807) is 18.2 Å². The number of aromatic nitrogens is 1. The Morgan fingerprint density at radius 2 is 1.68 bits per heavy atom. The highest BCUT2D eigenvalue weighted by Gasteiger charge is 2.18. The van der Waals surface area contributed by atoms with Crippen LogP contribution in [0.3, 0.4) is 0 Å². The number of benzene rings is 3. The molecule has 0 bridgehead atoms. The fourth-order valence-corrected chi connectivity index (χ4v) is 4.84. The van der Waals surface area contributed by atoms with E-state index in [-0.39, 0.29) is 18.1 Å². The summed E-state index contributed by atoms with van der Waals surface area (Å²) in [5.74, 6) is 0.0164. The van der Waals surface area contributed by atoms with Crippen LogP contribution in [-0.4, -0.2) is 33.8 Å². The number of carbonyl (C=O) groups is 2. The highest BCUT2D eigenvalue weighted by Crippen LogP contribution is 2.30. The molecule has 0 aliphatic heterocycles. The number of aryl methyl sites for hydroxylation is 1. The topological polar surface area (TPSA) is 89.8 Å². The van der Waals surface area contributed by atoms with Gasteiger partial charge in [0.05, 0.1) is 12.1 Å². The van der Waals surface area contributed by atoms with Gasteiger partial charge in [-0.25, -0.2) is 4.79 Å². The van der Waals surface area contributed by atoms with Crippen LogP contribution in [0.1, 0.15) is 66.5 Å². The van der Waals surface area contributed by atoms with E-state index in [0.29, 0.717) is 22.9 Å². The third kappa shape index (κ3) is 6.42. The van der Waals surface area contributed by atoms with Crippen LogP contribution >= 0.6 is 11.6 Å². The van der Waals surface area contributed by atoms with Crippen LogP contribution in [-0.2, 0) is 11.3 Å². The van der Waals surface area contributed by atoms with E-state index in [1.807, 2.05) is 77.1 Å². The van der Waals surface area contributed by atoms with Gasteiger partial charge in [-0.15, -0.1) is 0 Å². The third-order valence-corrected chi connectivity index (χ3v) is 7.35. The molecular formula is C32H35ClN2O5. The van der Waals surface area contributed by atoms with Gasteiger partial charge in [0, 0.05) is 33.7 Å². The van der Waals surface area contributed by atoms with Crippen molar-refractivity contribution in [1.29, 1.82) is 0 Å². The molecule has 1 heterocycles. The largest absolute Gasteiger partial charge is 0.491 e. The van der Waals surface area contributed by atoms with Gasteiger partial charge in [-0.05, 0) is 107 Å². The number of ether oxygens (including phenoxy) is 2. The van der Waals surface area contributed by atoms with Crippen LogP contribution in [0.25, 0.3) is 10.9 Å². The zero-order valence-corrected chi connectivity index (χ0v) is 24.4. The number of amides is 1. The summed E-state index contributed by atoms with van der Waals surface area (Å²) in [6.45, 7) is 11.9. The molecule has 7 nitrogen and oxygen atoms in total. The fourth-order valence-electron chi connectivity index (χ4n) is 4.66. The van der Waals surface area contributed by atoms with Crippen molar-refractivity contribution < 1.29 is 24.2 Å². The lowest BCUT2D eigenvalue weighted by Gasteiger charge is -2.17. The van der Waals surface area contributed by atoms with Gasteiger partial charge < -0.3 is 24.5 Å². The molecule has 4 rings (SSSR count). The van der Waals surface area contributed by atoms with E-state index in [2.05, 4.69) is 9.88 Å². The number of hydrogen-bond acceptors (Lipinski definition) is 4. The highest BCUT2D eigenvalue weighted by molar-refractivity contribution is 6.31. The monoisotopic (exact) mass is 562 g/mol. The van der Waals surface area contributed by atoms with Gasteiger partial charge in [0.2, 0.25) is 0 Å². The number of rotatable bonds is 10. The van der Waals surface area contributed by atoms with Crippen molar-refractivity contribution >= 4 is 34.4 Å². The standard InChI is InChI=1S/C32H35ClN2O5/c1-18(2)39-26-9-7-8-23(14-26)20(4)34-31(36)24-10-13-30-28(16-24)19(3)21(5)35(30)17-25-15-27(11-12-29(25)33)40-22(6)32(37)38/h7-16,18,20,22H,17H2,1-6H3,(H,34,36)(H,37,38)/t20-,22?/m0/s1. The van der Waals surface area contributed by atoms with Crippen LogP contribution < -0.4 is 14.8 Å². The quantitative estimate of drug-likeness (QED) is 0.215. The minimum Gasteiger partial charge on any atom is -0.491 e. The molecule has 0 fully saturated rings. The van der Waals surface area contributed by atoms with Crippen LogP contribution in [0, 0.1) is 13.8 Å². The SMILES string of the molecule is Cc1c(C)n(Cc2cc(OC(C)C(=O)O)ccc2Cl)c2ccc(C(=O)N[C@@H](C)c3cccc(OC(C)C)c3)cc12. The van der Waals surface area contributed by atoms with E-state index >= 15 is 0 Å². The fraction of sp³-hybridized carbons (Fsp3) is 0.312. The molecule has 1 amide bonds. The molecule has 0 aliphatic carbocycles. The molecule has 2 atom stereocenters. The summed E-state index contributed by atoms with van der Waals surface area (Å²) in [6.07, 6.45) is -0.908. The number of hydrogen-bond donors (Lipinski definition) is 2. The Kier molecular flexibility index (Phi) is 8.74. The summed E-state index contributed by atoms with van der Waals surface area (Å²) >= 11 is 6.51. The van der Waals surface area contributed by atoms with Crippen molar-refractivity contribution in [3.8, 4) is 11.5 Å². The van der Waals surface area contributed by atoms with Gasteiger partial charge >= 0.3 is 5.97 Å². The first-order valence-electron chi connectivity index (χ1n) is 13.3. The molecule has 8 heteroatoms. The van der Waals surface area contributed by atoms with Crippen LogP contribution in [0.5, 0.6) is 11.5 Å². The second-order valence-electron chi connectivity index (χ2n) is 10.3. The number of nitrogens with one attached hydrogen (secondary N) is 1. The molecule has 0 saturated carbocycles. The molecule has 0 radical (unpaired) electrons. The zero-order valence-electron chi connectivity index (χ0n) is 23.6. The predicted octanol–water partition coefficient (Wildman–Crippen LogP) is 7.09. The minimum atomic E-state index is -1.04. The lowest BCUT2D eigenvalue weighted by atomic mass is 10.1. The van der Waals surface area contributed by atoms with Crippen molar-refractivity contribution in [2.24, 2.45) is 0 Å². The average Bonchev–Trinajstić information content (AvgIpc) is 3.14. The summed E-state index contributed by atoms with van der Waals surface area (Å²) in [6, 6.07) is 18.4. The molecule has 0 saturated heterocycles. The molecular weight excluding hydrogens is 528 g/mol. The Labute approximate surface area is 239 Å². The Morgan fingerprint density at radius 3 is 2.38 bits per heavy atom. The third-order valence-electron chi connectivity index (χ3n) is 6.98. The Balaban J connectivity index is 1.57. The summed E-state index contributed by atoms with van der Waals surface area (Å²) < 4.78 is 13.5. The number of fused-ring (bicyclic) bond motifs is 1. The summed E-state index contributed by atoms with van der Waals surface area (Å²) in [7, 11) is 0. The molecule has 1 aromatic heterocycles. The molecule has 4 aromatic rings. The highest BCUT2D eigenvalue weighted by atomic mass is 35.5. The molecule has 210 valence electrons. The molecule has 3 aromatic carbocycles. The number of carbonyl (C=O) groups excluding carboxylic acids is 1. The van der Waals surface area contributed by atoms with Crippen molar-refractivity contribution in [3.63, 3.8) is 0 Å². The zero-order chi connectivity index (χ0) is 29.1. The smallest absolute Gasteiger partial charge is 0.344 e. The lowest BCUT2D eigenvalue weighted by molar-refractivity contribution is -0.144. The first-order chi connectivity index (χ1) is 18.9. The molecule has 40 heavy (non-hydrogen) atoms. The molecule has 2 N–H and O–H groups in total. The second kappa shape index (κ2) is 12.0. The maximum atomic E-state index is 13.2. The summed E-state index contributed by atoms with van der Waals surface area (Å²) in [4.78, 5) is 24.4.